The number of hydrogen-bond acceptors (Lipinski definition) is 4. The molecule has 0 bridgehead atoms. The van der Waals surface area contributed by atoms with Gasteiger partial charge in [0, 0.05) is 31.8 Å². The van der Waals surface area contributed by atoms with Crippen molar-refractivity contribution in [1.29, 1.82) is 0 Å². The zero-order valence-electron chi connectivity index (χ0n) is 13.7. The lowest BCUT2D eigenvalue weighted by Gasteiger charge is -2.21. The summed E-state index contributed by atoms with van der Waals surface area (Å²) in [6.45, 7) is 0.875. The number of aryl methyl sites for hydroxylation is 1. The molecule has 0 aromatic carbocycles. The summed E-state index contributed by atoms with van der Waals surface area (Å²) >= 11 is 5.40. The second-order valence-corrected chi connectivity index (χ2v) is 6.01. The summed E-state index contributed by atoms with van der Waals surface area (Å²) in [7, 11) is 3.36. The Balaban J connectivity index is 1.66. The van der Waals surface area contributed by atoms with Crippen molar-refractivity contribution < 1.29 is 9.47 Å². The van der Waals surface area contributed by atoms with E-state index in [0.717, 1.165) is 48.7 Å². The van der Waals surface area contributed by atoms with E-state index in [1.54, 1.807) is 20.4 Å². The van der Waals surface area contributed by atoms with Crippen molar-refractivity contribution in [3.8, 4) is 0 Å². The van der Waals surface area contributed by atoms with Crippen molar-refractivity contribution in [1.82, 2.24) is 10.3 Å². The fourth-order valence-corrected chi connectivity index (χ4v) is 2.78. The number of nitrogens with one attached hydrogen (secondary N) is 1. The number of thiocarbonyl (C=S) groups is 1. The second-order valence-electron chi connectivity index (χ2n) is 5.52. The molecule has 1 atom stereocenters. The molecule has 1 aliphatic carbocycles. The van der Waals surface area contributed by atoms with Gasteiger partial charge in [-0.05, 0) is 36.5 Å². The lowest BCUT2D eigenvalue weighted by atomic mass is 9.95. The van der Waals surface area contributed by atoms with E-state index < -0.39 is 0 Å². The number of hydrogen-bond donors (Lipinski definition) is 1. The molecular weight excluding hydrogens is 308 g/mol. The van der Waals surface area contributed by atoms with Crippen LogP contribution < -0.4 is 5.32 Å². The Hall–Kier alpha value is -1.88. The summed E-state index contributed by atoms with van der Waals surface area (Å²) in [6, 6.07) is 4.03. The molecule has 1 heterocycles. The summed E-state index contributed by atoms with van der Waals surface area (Å²) in [5.41, 5.74) is 1.22. The SMILES string of the molecule is COC1=C(OC)CC(CCNC(=S)CCc2cccnc2)C=C1. The lowest BCUT2D eigenvalue weighted by molar-refractivity contribution is 0.209. The fraction of sp³-hybridized carbons (Fsp3) is 0.444. The number of rotatable bonds is 8. The number of methoxy groups -OCH3 is 2. The topological polar surface area (TPSA) is 43.4 Å². The molecule has 4 nitrogen and oxygen atoms in total. The van der Waals surface area contributed by atoms with Gasteiger partial charge in [-0.15, -0.1) is 0 Å². The average Bonchev–Trinajstić information content (AvgIpc) is 2.60. The molecule has 0 spiro atoms. The first-order chi connectivity index (χ1) is 11.2. The predicted octanol–water partition coefficient (Wildman–Crippen LogP) is 3.40. The Bertz CT molecular complexity index is 570. The third-order valence-corrected chi connectivity index (χ3v) is 4.26. The smallest absolute Gasteiger partial charge is 0.156 e. The molecule has 0 fully saturated rings. The molecule has 23 heavy (non-hydrogen) atoms. The molecule has 1 N–H and O–H groups in total. The van der Waals surface area contributed by atoms with Crippen LogP contribution in [0, 0.1) is 5.92 Å². The molecule has 0 aliphatic heterocycles. The maximum absolute atomic E-state index is 5.40. The van der Waals surface area contributed by atoms with E-state index in [-0.39, 0.29) is 0 Å². The van der Waals surface area contributed by atoms with Crippen molar-refractivity contribution in [2.45, 2.75) is 25.7 Å². The Kier molecular flexibility index (Phi) is 7.07. The van der Waals surface area contributed by atoms with E-state index in [2.05, 4.69) is 22.4 Å². The Morgan fingerprint density at radius 2 is 2.26 bits per heavy atom. The van der Waals surface area contributed by atoms with Crippen LogP contribution in [0.3, 0.4) is 0 Å². The van der Waals surface area contributed by atoms with Crippen LogP contribution in [0.2, 0.25) is 0 Å². The van der Waals surface area contributed by atoms with Gasteiger partial charge in [0.25, 0.3) is 0 Å². The maximum atomic E-state index is 5.40. The number of nitrogens with zero attached hydrogens (tertiary/aromatic N) is 1. The molecule has 1 unspecified atom stereocenters. The minimum atomic E-state index is 0.456. The molecule has 5 heteroatoms. The standard InChI is InChI=1S/C18H24N2O2S/c1-21-16-7-5-14(12-17(16)22-2)9-11-20-18(23)8-6-15-4-3-10-19-13-15/h3-5,7,10,13-14H,6,8-9,11-12H2,1-2H3,(H,20,23). The maximum Gasteiger partial charge on any atom is 0.156 e. The summed E-state index contributed by atoms with van der Waals surface area (Å²) < 4.78 is 10.7. The van der Waals surface area contributed by atoms with Gasteiger partial charge in [0.1, 0.15) is 5.76 Å². The van der Waals surface area contributed by atoms with Crippen LogP contribution in [0.5, 0.6) is 0 Å². The highest BCUT2D eigenvalue weighted by Crippen LogP contribution is 2.26. The third kappa shape index (κ3) is 5.67. The monoisotopic (exact) mass is 332 g/mol. The van der Waals surface area contributed by atoms with Crippen LogP contribution in [0.1, 0.15) is 24.8 Å². The third-order valence-electron chi connectivity index (χ3n) is 3.91. The highest BCUT2D eigenvalue weighted by atomic mass is 32.1. The van der Waals surface area contributed by atoms with Gasteiger partial charge in [0.05, 0.1) is 19.2 Å². The minimum Gasteiger partial charge on any atom is -0.497 e. The summed E-state index contributed by atoms with van der Waals surface area (Å²) in [5.74, 6) is 2.19. The van der Waals surface area contributed by atoms with Crippen LogP contribution in [-0.4, -0.2) is 30.7 Å². The highest BCUT2D eigenvalue weighted by Gasteiger charge is 2.17. The summed E-state index contributed by atoms with van der Waals surface area (Å²) in [4.78, 5) is 5.03. The van der Waals surface area contributed by atoms with Gasteiger partial charge in [0.2, 0.25) is 0 Å². The van der Waals surface area contributed by atoms with Gasteiger partial charge in [0.15, 0.2) is 5.76 Å². The largest absolute Gasteiger partial charge is 0.497 e. The van der Waals surface area contributed by atoms with Crippen molar-refractivity contribution in [2.24, 2.45) is 5.92 Å². The molecule has 0 saturated heterocycles. The van der Waals surface area contributed by atoms with Gasteiger partial charge in [-0.1, -0.05) is 24.4 Å². The van der Waals surface area contributed by atoms with E-state index >= 15 is 0 Å². The van der Waals surface area contributed by atoms with E-state index in [9.17, 15) is 0 Å². The Morgan fingerprint density at radius 3 is 2.96 bits per heavy atom. The quantitative estimate of drug-likeness (QED) is 0.739. The zero-order chi connectivity index (χ0) is 16.5. The van der Waals surface area contributed by atoms with Crippen LogP contribution in [-0.2, 0) is 15.9 Å². The first-order valence-corrected chi connectivity index (χ1v) is 8.28. The second kappa shape index (κ2) is 9.30. The number of pyridine rings is 1. The first-order valence-electron chi connectivity index (χ1n) is 7.88. The van der Waals surface area contributed by atoms with Crippen molar-refractivity contribution in [2.75, 3.05) is 20.8 Å². The van der Waals surface area contributed by atoms with E-state index in [0.29, 0.717) is 5.92 Å². The number of allylic oxidation sites excluding steroid dienone is 3. The van der Waals surface area contributed by atoms with Crippen molar-refractivity contribution in [3.63, 3.8) is 0 Å². The predicted molar refractivity (Wildman–Crippen MR) is 96.1 cm³/mol. The van der Waals surface area contributed by atoms with Gasteiger partial charge in [-0.3, -0.25) is 4.98 Å². The van der Waals surface area contributed by atoms with Crippen LogP contribution >= 0.6 is 12.2 Å². The van der Waals surface area contributed by atoms with Crippen molar-refractivity contribution >= 4 is 17.2 Å². The molecule has 0 radical (unpaired) electrons. The zero-order valence-corrected chi connectivity index (χ0v) is 14.6. The van der Waals surface area contributed by atoms with E-state index in [1.165, 1.54) is 5.56 Å². The molecule has 1 aromatic heterocycles. The van der Waals surface area contributed by atoms with E-state index in [1.807, 2.05) is 18.3 Å². The van der Waals surface area contributed by atoms with Gasteiger partial charge in [-0.2, -0.15) is 0 Å². The van der Waals surface area contributed by atoms with Gasteiger partial charge in [-0.25, -0.2) is 0 Å². The van der Waals surface area contributed by atoms with Crippen LogP contribution in [0.15, 0.2) is 48.2 Å². The van der Waals surface area contributed by atoms with Crippen molar-refractivity contribution in [3.05, 3.63) is 53.8 Å². The Morgan fingerprint density at radius 1 is 1.39 bits per heavy atom. The first kappa shape index (κ1) is 17.5. The summed E-state index contributed by atoms with van der Waals surface area (Å²) in [5, 5.41) is 3.35. The average molecular weight is 332 g/mol. The molecule has 2 rings (SSSR count). The summed E-state index contributed by atoms with van der Waals surface area (Å²) in [6.07, 6.45) is 11.5. The highest BCUT2D eigenvalue weighted by molar-refractivity contribution is 7.80. The lowest BCUT2D eigenvalue weighted by Crippen LogP contribution is -2.25. The minimum absolute atomic E-state index is 0.456. The van der Waals surface area contributed by atoms with Gasteiger partial charge >= 0.3 is 0 Å². The molecule has 1 aliphatic rings. The normalized spacial score (nSPS) is 17.0. The fourth-order valence-electron chi connectivity index (χ4n) is 2.58. The molecule has 124 valence electrons. The molecular formula is C18H24N2O2S. The molecule has 0 amide bonds. The van der Waals surface area contributed by atoms with Crippen LogP contribution in [0.4, 0.5) is 0 Å². The van der Waals surface area contributed by atoms with E-state index in [4.69, 9.17) is 21.7 Å². The Labute approximate surface area is 143 Å². The number of aromatic nitrogens is 1. The van der Waals surface area contributed by atoms with Gasteiger partial charge < -0.3 is 14.8 Å². The van der Waals surface area contributed by atoms with Crippen LogP contribution in [0.25, 0.3) is 0 Å². The molecule has 1 aromatic rings. The molecule has 0 saturated carbocycles. The number of ether oxygens (including phenoxy) is 2.